The topological polar surface area (TPSA) is 60.5 Å². The molecule has 1 amide bonds. The van der Waals surface area contributed by atoms with Gasteiger partial charge in [0, 0.05) is 44.1 Å². The summed E-state index contributed by atoms with van der Waals surface area (Å²) in [5.41, 5.74) is 2.02. The van der Waals surface area contributed by atoms with Crippen molar-refractivity contribution in [2.24, 2.45) is 0 Å². The fraction of sp³-hybridized carbons (Fsp3) is 0.500. The Morgan fingerprint density at radius 2 is 2.32 bits per heavy atom. The highest BCUT2D eigenvalue weighted by atomic mass is 16.5. The Kier molecular flexibility index (Phi) is 4.02. The molecule has 0 aliphatic carbocycles. The second-order valence-electron chi connectivity index (χ2n) is 5.61. The van der Waals surface area contributed by atoms with Crippen LogP contribution >= 0.6 is 0 Å². The van der Waals surface area contributed by atoms with E-state index >= 15 is 0 Å². The quantitative estimate of drug-likeness (QED) is 0.868. The zero-order valence-corrected chi connectivity index (χ0v) is 13.2. The van der Waals surface area contributed by atoms with Crippen molar-refractivity contribution in [1.82, 2.24) is 14.5 Å². The molecule has 2 aromatic rings. The second-order valence-corrected chi connectivity index (χ2v) is 5.61. The second kappa shape index (κ2) is 5.96. The van der Waals surface area contributed by atoms with Gasteiger partial charge in [-0.15, -0.1) is 0 Å². The first kappa shape index (κ1) is 14.8. The number of carbonyl (C=O) groups is 1. The molecule has 1 aliphatic heterocycles. The molecule has 0 aromatic carbocycles. The number of ether oxygens (including phenoxy) is 1. The Hall–Kier alpha value is -2.08. The fourth-order valence-corrected chi connectivity index (χ4v) is 2.97. The number of nitrogens with zero attached hydrogens (tertiary/aromatic N) is 3. The molecule has 0 N–H and O–H groups in total. The molecular formula is C16H21N3O3. The summed E-state index contributed by atoms with van der Waals surface area (Å²) in [5.74, 6) is 1.28. The summed E-state index contributed by atoms with van der Waals surface area (Å²) in [6.07, 6.45) is 4.28. The van der Waals surface area contributed by atoms with Crippen LogP contribution in [0.2, 0.25) is 0 Å². The molecule has 0 saturated heterocycles. The van der Waals surface area contributed by atoms with E-state index in [-0.39, 0.29) is 11.9 Å². The molecule has 0 saturated carbocycles. The van der Waals surface area contributed by atoms with Gasteiger partial charge in [0.15, 0.2) is 5.76 Å². The van der Waals surface area contributed by atoms with Gasteiger partial charge in [0.05, 0.1) is 18.9 Å². The summed E-state index contributed by atoms with van der Waals surface area (Å²) < 4.78 is 12.7. The zero-order valence-electron chi connectivity index (χ0n) is 13.2. The predicted molar refractivity (Wildman–Crippen MR) is 80.7 cm³/mol. The van der Waals surface area contributed by atoms with Crippen molar-refractivity contribution in [3.8, 4) is 0 Å². The molecule has 0 spiro atoms. The average molecular weight is 303 g/mol. The summed E-state index contributed by atoms with van der Waals surface area (Å²) in [5, 5.41) is 0. The first-order valence-electron chi connectivity index (χ1n) is 7.51. The van der Waals surface area contributed by atoms with E-state index in [9.17, 15) is 4.79 Å². The number of hydrogen-bond donors (Lipinski definition) is 0. The molecule has 0 unspecified atom stereocenters. The molecule has 6 nitrogen and oxygen atoms in total. The number of aryl methyl sites for hydroxylation is 1. The van der Waals surface area contributed by atoms with E-state index in [1.807, 2.05) is 31.0 Å². The third kappa shape index (κ3) is 2.43. The maximum absolute atomic E-state index is 12.7. The third-order valence-corrected chi connectivity index (χ3v) is 4.25. The van der Waals surface area contributed by atoms with Gasteiger partial charge in [-0.25, -0.2) is 4.98 Å². The Labute approximate surface area is 129 Å². The largest absolute Gasteiger partial charge is 0.459 e. The summed E-state index contributed by atoms with van der Waals surface area (Å²) in [7, 11) is 1.70. The maximum atomic E-state index is 12.7. The normalized spacial score (nSPS) is 17.6. The number of aromatic nitrogens is 2. The number of rotatable bonds is 4. The van der Waals surface area contributed by atoms with Gasteiger partial charge in [-0.3, -0.25) is 4.79 Å². The van der Waals surface area contributed by atoms with Gasteiger partial charge in [-0.05, 0) is 19.9 Å². The molecule has 3 heterocycles. The Morgan fingerprint density at radius 1 is 1.50 bits per heavy atom. The summed E-state index contributed by atoms with van der Waals surface area (Å²) >= 11 is 0. The first-order valence-corrected chi connectivity index (χ1v) is 7.51. The van der Waals surface area contributed by atoms with Crippen LogP contribution in [0.25, 0.3) is 0 Å². The van der Waals surface area contributed by atoms with Crippen LogP contribution < -0.4 is 0 Å². The van der Waals surface area contributed by atoms with Crippen LogP contribution in [0.3, 0.4) is 0 Å². The van der Waals surface area contributed by atoms with Crippen LogP contribution in [-0.4, -0.2) is 40.6 Å². The van der Waals surface area contributed by atoms with Crippen LogP contribution in [0.15, 0.2) is 22.9 Å². The van der Waals surface area contributed by atoms with Crippen molar-refractivity contribution in [3.05, 3.63) is 41.4 Å². The number of fused-ring (bicyclic) bond motifs is 1. The highest BCUT2D eigenvalue weighted by Gasteiger charge is 2.32. The lowest BCUT2D eigenvalue weighted by atomic mass is 10.1. The van der Waals surface area contributed by atoms with Gasteiger partial charge < -0.3 is 18.6 Å². The molecule has 0 fully saturated rings. The fourth-order valence-electron chi connectivity index (χ4n) is 2.97. The number of methoxy groups -OCH3 is 1. The summed E-state index contributed by atoms with van der Waals surface area (Å²) in [4.78, 5) is 19.0. The minimum Gasteiger partial charge on any atom is -0.459 e. The lowest BCUT2D eigenvalue weighted by molar-refractivity contribution is 0.0602. The Morgan fingerprint density at radius 3 is 3.00 bits per heavy atom. The van der Waals surface area contributed by atoms with Gasteiger partial charge in [0.2, 0.25) is 0 Å². The SMILES string of the molecule is COCCc1cnc2n1CCN(C(=O)c1occc1C)[C@@H]2C. The number of hydrogen-bond acceptors (Lipinski definition) is 4. The van der Waals surface area contributed by atoms with Crippen molar-refractivity contribution >= 4 is 5.91 Å². The number of carbonyl (C=O) groups excluding carboxylic acids is 1. The number of furan rings is 1. The monoisotopic (exact) mass is 303 g/mol. The number of amides is 1. The van der Waals surface area contributed by atoms with E-state index in [0.717, 1.165) is 30.0 Å². The third-order valence-electron chi connectivity index (χ3n) is 4.25. The van der Waals surface area contributed by atoms with Crippen LogP contribution in [0.5, 0.6) is 0 Å². The van der Waals surface area contributed by atoms with Crippen molar-refractivity contribution in [1.29, 1.82) is 0 Å². The molecule has 1 atom stereocenters. The highest BCUT2D eigenvalue weighted by Crippen LogP contribution is 2.27. The van der Waals surface area contributed by atoms with Gasteiger partial charge in [0.1, 0.15) is 5.82 Å². The summed E-state index contributed by atoms with van der Waals surface area (Å²) in [6, 6.07) is 1.74. The van der Waals surface area contributed by atoms with Gasteiger partial charge in [-0.1, -0.05) is 0 Å². The van der Waals surface area contributed by atoms with Crippen LogP contribution in [0, 0.1) is 6.92 Å². The van der Waals surface area contributed by atoms with Crippen molar-refractivity contribution in [3.63, 3.8) is 0 Å². The molecule has 6 heteroatoms. The van der Waals surface area contributed by atoms with E-state index in [0.29, 0.717) is 18.9 Å². The Bertz CT molecular complexity index is 674. The van der Waals surface area contributed by atoms with E-state index in [1.165, 1.54) is 0 Å². The van der Waals surface area contributed by atoms with Crippen LogP contribution in [0.1, 0.15) is 40.6 Å². The standard InChI is InChI=1S/C16H21N3O3/c1-11-4-9-22-14(11)16(20)18-6-7-19-13(5-8-21-3)10-17-15(19)12(18)2/h4,9-10,12H,5-8H2,1-3H3/t12-/m1/s1. The lowest BCUT2D eigenvalue weighted by Crippen LogP contribution is -2.41. The summed E-state index contributed by atoms with van der Waals surface area (Å²) in [6.45, 7) is 5.98. The minimum atomic E-state index is -0.0676. The van der Waals surface area contributed by atoms with E-state index < -0.39 is 0 Å². The van der Waals surface area contributed by atoms with Crippen LogP contribution in [0.4, 0.5) is 0 Å². The van der Waals surface area contributed by atoms with E-state index in [1.54, 1.807) is 13.4 Å². The highest BCUT2D eigenvalue weighted by molar-refractivity contribution is 5.93. The van der Waals surface area contributed by atoms with Crippen molar-refractivity contribution < 1.29 is 13.9 Å². The molecule has 0 radical (unpaired) electrons. The van der Waals surface area contributed by atoms with Crippen molar-refractivity contribution in [2.75, 3.05) is 20.3 Å². The number of imidazole rings is 1. The predicted octanol–water partition coefficient (Wildman–Crippen LogP) is 2.19. The molecule has 3 rings (SSSR count). The van der Waals surface area contributed by atoms with Gasteiger partial charge in [0.25, 0.3) is 5.91 Å². The minimum absolute atomic E-state index is 0.0670. The van der Waals surface area contributed by atoms with E-state index in [4.69, 9.17) is 9.15 Å². The average Bonchev–Trinajstić information content (AvgIpc) is 3.11. The maximum Gasteiger partial charge on any atom is 0.290 e. The molecular weight excluding hydrogens is 282 g/mol. The van der Waals surface area contributed by atoms with Gasteiger partial charge in [-0.2, -0.15) is 0 Å². The van der Waals surface area contributed by atoms with Crippen molar-refractivity contribution in [2.45, 2.75) is 32.9 Å². The molecule has 2 aromatic heterocycles. The smallest absolute Gasteiger partial charge is 0.290 e. The molecule has 0 bridgehead atoms. The zero-order chi connectivity index (χ0) is 15.7. The first-order chi connectivity index (χ1) is 10.6. The molecule has 1 aliphatic rings. The molecule has 22 heavy (non-hydrogen) atoms. The van der Waals surface area contributed by atoms with E-state index in [2.05, 4.69) is 9.55 Å². The Balaban J connectivity index is 1.83. The van der Waals surface area contributed by atoms with Gasteiger partial charge >= 0.3 is 0 Å². The molecule has 118 valence electrons. The lowest BCUT2D eigenvalue weighted by Gasteiger charge is -2.34. The van der Waals surface area contributed by atoms with Crippen LogP contribution in [-0.2, 0) is 17.7 Å².